The van der Waals surface area contributed by atoms with Crippen LogP contribution in [0.25, 0.3) is 0 Å². The molecule has 3 atom stereocenters. The minimum absolute atomic E-state index is 0.0538. The number of allylic oxidation sites excluding steroid dienone is 4. The lowest BCUT2D eigenvalue weighted by Gasteiger charge is -2.45. The highest BCUT2D eigenvalue weighted by molar-refractivity contribution is 6.77. The van der Waals surface area contributed by atoms with Crippen molar-refractivity contribution in [3.63, 3.8) is 0 Å². The molecule has 0 saturated carbocycles. The molecule has 1 aromatic carbocycles. The normalized spacial score (nSPS) is 24.2. The van der Waals surface area contributed by atoms with Crippen LogP contribution in [0, 0.1) is 11.8 Å². The largest absolute Gasteiger partial charge is 0.497 e. The summed E-state index contributed by atoms with van der Waals surface area (Å²) in [6.07, 6.45) is 11.2. The standard InChI is InChI=1S/C37H58O6Si/c1-26(2)44(27(3)4,28(5)6)43-36-22-17-29(7)32(25-42-24-31-18-20-33(40-9)21-19-31)23-34(37(39)41-10)35(38)16-14-12-11-13-15-30(36)8/h11-13,15,18-21,26-28,30,34,36H,14,16-17,22-25H2,1-10H3/b12-11+,15-13+,32-29+/t30-,34?,36-/m0/s1. The van der Waals surface area contributed by atoms with Crippen LogP contribution in [0.3, 0.4) is 0 Å². The maximum absolute atomic E-state index is 13.3. The molecular weight excluding hydrogens is 568 g/mol. The molecule has 1 aliphatic carbocycles. The number of ketones is 1. The van der Waals surface area contributed by atoms with Gasteiger partial charge in [0.1, 0.15) is 17.5 Å². The molecule has 1 aromatic rings. The zero-order chi connectivity index (χ0) is 32.9. The number of methoxy groups -OCH3 is 2. The van der Waals surface area contributed by atoms with E-state index in [1.54, 1.807) is 7.11 Å². The van der Waals surface area contributed by atoms with Crippen LogP contribution in [0.15, 0.2) is 59.7 Å². The van der Waals surface area contributed by atoms with Crippen molar-refractivity contribution in [1.29, 1.82) is 0 Å². The molecule has 0 fully saturated rings. The topological polar surface area (TPSA) is 71.1 Å². The van der Waals surface area contributed by atoms with Gasteiger partial charge in [0.2, 0.25) is 8.32 Å². The van der Waals surface area contributed by atoms with E-state index in [1.165, 1.54) is 7.11 Å². The smallest absolute Gasteiger partial charge is 0.316 e. The van der Waals surface area contributed by atoms with E-state index in [0.717, 1.165) is 35.3 Å². The van der Waals surface area contributed by atoms with Crippen molar-refractivity contribution in [2.45, 2.75) is 117 Å². The summed E-state index contributed by atoms with van der Waals surface area (Å²) in [4.78, 5) is 26.1. The van der Waals surface area contributed by atoms with Gasteiger partial charge >= 0.3 is 5.97 Å². The summed E-state index contributed by atoms with van der Waals surface area (Å²) in [6, 6.07) is 7.79. The first-order valence-corrected chi connectivity index (χ1v) is 18.5. The van der Waals surface area contributed by atoms with Crippen LogP contribution >= 0.6 is 0 Å². The number of esters is 1. The molecule has 0 bridgehead atoms. The summed E-state index contributed by atoms with van der Waals surface area (Å²) in [5.41, 5.74) is 4.61. The van der Waals surface area contributed by atoms with Gasteiger partial charge in [-0.15, -0.1) is 0 Å². The van der Waals surface area contributed by atoms with Crippen LogP contribution in [0.2, 0.25) is 16.6 Å². The van der Waals surface area contributed by atoms with E-state index in [0.29, 0.717) is 42.7 Å². The molecule has 2 rings (SSSR count). The first-order valence-electron chi connectivity index (χ1n) is 16.4. The average Bonchev–Trinajstić information content (AvgIpc) is 2.99. The molecule has 7 heteroatoms. The number of ether oxygens (including phenoxy) is 3. The highest BCUT2D eigenvalue weighted by Gasteiger charge is 2.47. The molecular formula is C37H58O6Si. The minimum Gasteiger partial charge on any atom is -0.497 e. The van der Waals surface area contributed by atoms with E-state index in [9.17, 15) is 9.59 Å². The lowest BCUT2D eigenvalue weighted by Crippen LogP contribution is -2.51. The Kier molecular flexibility index (Phi) is 15.8. The SMILES string of the molecule is COC(=O)C1C/C(COCc2ccc(OC)cc2)=C(/C)CC[C@H](O[Si](C(C)C)(C(C)C)C(C)C)[C@@H](C)/C=C/C=C/CCC1=O. The minimum atomic E-state index is -2.13. The monoisotopic (exact) mass is 626 g/mol. The summed E-state index contributed by atoms with van der Waals surface area (Å²) in [6.45, 7) is 19.1. The highest BCUT2D eigenvalue weighted by atomic mass is 28.4. The molecule has 0 aromatic heterocycles. The van der Waals surface area contributed by atoms with Crippen molar-refractivity contribution >= 4 is 20.1 Å². The maximum Gasteiger partial charge on any atom is 0.316 e. The fraction of sp³-hybridized carbons (Fsp3) is 0.622. The highest BCUT2D eigenvalue weighted by Crippen LogP contribution is 2.44. The zero-order valence-electron chi connectivity index (χ0n) is 29.0. The van der Waals surface area contributed by atoms with Crippen LogP contribution in [-0.2, 0) is 30.1 Å². The van der Waals surface area contributed by atoms with Gasteiger partial charge in [0.05, 0.1) is 33.5 Å². The van der Waals surface area contributed by atoms with Crippen LogP contribution < -0.4 is 4.74 Å². The molecule has 0 radical (unpaired) electrons. The van der Waals surface area contributed by atoms with Crippen molar-refractivity contribution in [3.8, 4) is 5.75 Å². The first kappa shape index (κ1) is 37.7. The number of rotatable bonds is 11. The van der Waals surface area contributed by atoms with E-state index in [-0.39, 0.29) is 24.2 Å². The fourth-order valence-electron chi connectivity index (χ4n) is 6.66. The van der Waals surface area contributed by atoms with E-state index in [1.807, 2.05) is 36.4 Å². The molecule has 44 heavy (non-hydrogen) atoms. The predicted octanol–water partition coefficient (Wildman–Crippen LogP) is 9.16. The predicted molar refractivity (Wildman–Crippen MR) is 182 cm³/mol. The van der Waals surface area contributed by atoms with Gasteiger partial charge in [0, 0.05) is 6.42 Å². The molecule has 0 amide bonds. The van der Waals surface area contributed by atoms with E-state index in [2.05, 4.69) is 67.5 Å². The van der Waals surface area contributed by atoms with Gasteiger partial charge in [-0.2, -0.15) is 0 Å². The lowest BCUT2D eigenvalue weighted by molar-refractivity contribution is -0.149. The second-order valence-corrected chi connectivity index (χ2v) is 18.6. The van der Waals surface area contributed by atoms with Crippen molar-refractivity contribution in [1.82, 2.24) is 0 Å². The molecule has 6 nitrogen and oxygen atoms in total. The van der Waals surface area contributed by atoms with Crippen LogP contribution in [0.1, 0.15) is 93.1 Å². The third kappa shape index (κ3) is 10.6. The van der Waals surface area contributed by atoms with Gasteiger partial charge in [-0.05, 0) is 78.4 Å². The zero-order valence-corrected chi connectivity index (χ0v) is 30.0. The van der Waals surface area contributed by atoms with Crippen molar-refractivity contribution < 1.29 is 28.2 Å². The molecule has 246 valence electrons. The molecule has 0 N–H and O–H groups in total. The number of Topliss-reactive ketones (excluding diaryl/α,β-unsaturated/α-hetero) is 1. The van der Waals surface area contributed by atoms with Gasteiger partial charge < -0.3 is 18.6 Å². The number of carbonyl (C=O) groups is 2. The summed E-state index contributed by atoms with van der Waals surface area (Å²) >= 11 is 0. The Labute approximate surface area is 268 Å². The quantitative estimate of drug-likeness (QED) is 0.106. The summed E-state index contributed by atoms with van der Waals surface area (Å²) in [5.74, 6) is -0.418. The van der Waals surface area contributed by atoms with Crippen LogP contribution in [0.4, 0.5) is 0 Å². The van der Waals surface area contributed by atoms with Gasteiger partial charge in [-0.25, -0.2) is 0 Å². The number of hydrogen-bond acceptors (Lipinski definition) is 6. The Bertz CT molecular complexity index is 1110. The Morgan fingerprint density at radius 1 is 0.932 bits per heavy atom. The number of carbonyl (C=O) groups excluding carboxylic acids is 2. The van der Waals surface area contributed by atoms with E-state index in [4.69, 9.17) is 18.6 Å². The van der Waals surface area contributed by atoms with Gasteiger partial charge in [-0.3, -0.25) is 9.59 Å². The van der Waals surface area contributed by atoms with E-state index >= 15 is 0 Å². The van der Waals surface area contributed by atoms with Crippen LogP contribution in [0.5, 0.6) is 5.75 Å². The molecule has 1 aliphatic rings. The van der Waals surface area contributed by atoms with Gasteiger partial charge in [0.15, 0.2) is 0 Å². The lowest BCUT2D eigenvalue weighted by atomic mass is 9.89. The Balaban J connectivity index is 2.46. The molecule has 0 saturated heterocycles. The molecule has 0 spiro atoms. The molecule has 1 unspecified atom stereocenters. The Hall–Kier alpha value is -2.48. The van der Waals surface area contributed by atoms with Gasteiger partial charge in [0.25, 0.3) is 0 Å². The van der Waals surface area contributed by atoms with Crippen LogP contribution in [-0.4, -0.2) is 47.0 Å². The van der Waals surface area contributed by atoms with Gasteiger partial charge in [-0.1, -0.05) is 90.5 Å². The summed E-state index contributed by atoms with van der Waals surface area (Å²) in [5, 5.41) is 0. The Morgan fingerprint density at radius 3 is 2.14 bits per heavy atom. The van der Waals surface area contributed by atoms with Crippen molar-refractivity contribution in [2.24, 2.45) is 11.8 Å². The summed E-state index contributed by atoms with van der Waals surface area (Å²) < 4.78 is 23.9. The first-order chi connectivity index (χ1) is 20.9. The maximum atomic E-state index is 13.3. The Morgan fingerprint density at radius 2 is 1.57 bits per heavy atom. The third-order valence-corrected chi connectivity index (χ3v) is 15.4. The van der Waals surface area contributed by atoms with E-state index < -0.39 is 20.2 Å². The van der Waals surface area contributed by atoms with Crippen molar-refractivity contribution in [3.05, 3.63) is 65.3 Å². The summed E-state index contributed by atoms with van der Waals surface area (Å²) in [7, 11) is 0.873. The second kappa shape index (κ2) is 18.5. The number of benzene rings is 1. The fourth-order valence-corrected chi connectivity index (χ4v) is 12.3. The number of hydrogen-bond donors (Lipinski definition) is 0. The third-order valence-electron chi connectivity index (χ3n) is 9.30. The second-order valence-electron chi connectivity index (χ2n) is 13.2. The molecule has 0 aliphatic heterocycles. The average molecular weight is 627 g/mol. The molecule has 0 heterocycles. The van der Waals surface area contributed by atoms with Crippen molar-refractivity contribution in [2.75, 3.05) is 20.8 Å².